The van der Waals surface area contributed by atoms with Crippen LogP contribution in [0.1, 0.15) is 25.7 Å². The topological polar surface area (TPSA) is 55.6 Å². The van der Waals surface area contributed by atoms with Crippen LogP contribution in [-0.2, 0) is 4.74 Å². The quantitative estimate of drug-likeness (QED) is 0.605. The lowest BCUT2D eigenvalue weighted by atomic mass is 9.89. The van der Waals surface area contributed by atoms with E-state index in [2.05, 4.69) is 4.90 Å². The van der Waals surface area contributed by atoms with Crippen LogP contribution >= 0.6 is 23.2 Å². The molecule has 0 aliphatic carbocycles. The molecule has 2 saturated heterocycles. The van der Waals surface area contributed by atoms with Gasteiger partial charge in [-0.1, -0.05) is 23.2 Å². The van der Waals surface area contributed by atoms with Gasteiger partial charge in [0.15, 0.2) is 0 Å². The number of nitrogens with zero attached hydrogens (tertiary/aromatic N) is 2. The Labute approximate surface area is 139 Å². The van der Waals surface area contributed by atoms with Gasteiger partial charge in [-0.25, -0.2) is 0 Å². The molecule has 2 heterocycles. The molecule has 3 rings (SSSR count). The Balaban J connectivity index is 1.72. The van der Waals surface area contributed by atoms with Crippen molar-refractivity contribution in [3.05, 3.63) is 32.3 Å². The summed E-state index contributed by atoms with van der Waals surface area (Å²) < 4.78 is 5.78. The third-order valence-corrected chi connectivity index (χ3v) is 5.14. The minimum Gasteiger partial charge on any atom is -0.378 e. The molecule has 0 bridgehead atoms. The van der Waals surface area contributed by atoms with Gasteiger partial charge in [0, 0.05) is 31.8 Å². The number of hydrogen-bond acceptors (Lipinski definition) is 4. The third-order valence-electron chi connectivity index (χ3n) is 4.56. The number of rotatable bonds is 3. The zero-order valence-corrected chi connectivity index (χ0v) is 13.6. The van der Waals surface area contributed by atoms with E-state index in [1.165, 1.54) is 12.1 Å². The van der Waals surface area contributed by atoms with E-state index in [0.717, 1.165) is 45.4 Å². The molecule has 22 heavy (non-hydrogen) atoms. The third kappa shape index (κ3) is 3.16. The molecule has 2 fully saturated rings. The second kappa shape index (κ2) is 6.60. The molecule has 0 aromatic heterocycles. The van der Waals surface area contributed by atoms with Crippen molar-refractivity contribution >= 4 is 34.6 Å². The Morgan fingerprint density at radius 2 is 1.82 bits per heavy atom. The minimum atomic E-state index is -0.481. The first-order valence-corrected chi connectivity index (χ1v) is 8.32. The molecule has 2 aliphatic rings. The maximum absolute atomic E-state index is 10.8. The number of anilines is 1. The van der Waals surface area contributed by atoms with Crippen molar-refractivity contribution in [3.8, 4) is 0 Å². The van der Waals surface area contributed by atoms with Crippen molar-refractivity contribution in [2.45, 2.75) is 31.8 Å². The van der Waals surface area contributed by atoms with Crippen molar-refractivity contribution < 1.29 is 9.66 Å². The van der Waals surface area contributed by atoms with Gasteiger partial charge in [0.2, 0.25) is 0 Å². The summed E-state index contributed by atoms with van der Waals surface area (Å²) >= 11 is 12.4. The normalized spacial score (nSPS) is 23.0. The van der Waals surface area contributed by atoms with Gasteiger partial charge in [-0.3, -0.25) is 10.1 Å². The van der Waals surface area contributed by atoms with Gasteiger partial charge in [0.1, 0.15) is 0 Å². The zero-order chi connectivity index (χ0) is 15.7. The Kier molecular flexibility index (Phi) is 4.76. The molecule has 0 spiro atoms. The average molecular weight is 345 g/mol. The highest BCUT2D eigenvalue weighted by atomic mass is 35.5. The van der Waals surface area contributed by atoms with Gasteiger partial charge < -0.3 is 9.64 Å². The summed E-state index contributed by atoms with van der Waals surface area (Å²) in [5, 5.41) is 11.5. The van der Waals surface area contributed by atoms with Gasteiger partial charge >= 0.3 is 0 Å². The van der Waals surface area contributed by atoms with Gasteiger partial charge in [-0.2, -0.15) is 0 Å². The second-order valence-corrected chi connectivity index (χ2v) is 6.71. The molecule has 5 nitrogen and oxygen atoms in total. The summed E-state index contributed by atoms with van der Waals surface area (Å²) in [4.78, 5) is 12.5. The summed E-state index contributed by atoms with van der Waals surface area (Å²) in [7, 11) is 0. The number of halogens is 2. The molecule has 0 saturated carbocycles. The van der Waals surface area contributed by atoms with E-state index in [-0.39, 0.29) is 5.69 Å². The minimum absolute atomic E-state index is 0.0759. The van der Waals surface area contributed by atoms with Crippen LogP contribution in [0.5, 0.6) is 0 Å². The maximum atomic E-state index is 10.8. The van der Waals surface area contributed by atoms with Crippen LogP contribution in [0.4, 0.5) is 11.4 Å². The van der Waals surface area contributed by atoms with Crippen molar-refractivity contribution in [2.75, 3.05) is 24.6 Å². The fourth-order valence-corrected chi connectivity index (χ4v) is 4.14. The molecule has 7 heteroatoms. The maximum Gasteiger partial charge on any atom is 0.272 e. The van der Waals surface area contributed by atoms with Gasteiger partial charge in [-0.15, -0.1) is 0 Å². The van der Waals surface area contributed by atoms with E-state index < -0.39 is 4.92 Å². The summed E-state index contributed by atoms with van der Waals surface area (Å²) in [5.74, 6) is 0.592. The van der Waals surface area contributed by atoms with E-state index in [1.54, 1.807) is 0 Å². The van der Waals surface area contributed by atoms with Gasteiger partial charge in [0.25, 0.3) is 5.69 Å². The molecule has 1 aromatic carbocycles. The fourth-order valence-electron chi connectivity index (χ4n) is 3.43. The highest BCUT2D eigenvalue weighted by molar-refractivity contribution is 6.39. The van der Waals surface area contributed by atoms with E-state index in [4.69, 9.17) is 27.9 Å². The van der Waals surface area contributed by atoms with Crippen LogP contribution in [-0.4, -0.2) is 30.7 Å². The molecule has 1 atom stereocenters. The van der Waals surface area contributed by atoms with E-state index in [1.807, 2.05) is 0 Å². The number of non-ortho nitro benzene ring substituents is 1. The van der Waals surface area contributed by atoms with Crippen molar-refractivity contribution in [1.82, 2.24) is 0 Å². The van der Waals surface area contributed by atoms with Crippen molar-refractivity contribution in [3.63, 3.8) is 0 Å². The molecule has 1 aromatic rings. The first-order chi connectivity index (χ1) is 10.6. The Morgan fingerprint density at radius 1 is 1.18 bits per heavy atom. The monoisotopic (exact) mass is 344 g/mol. The second-order valence-electron chi connectivity index (χ2n) is 5.89. The molecular weight excluding hydrogens is 327 g/mol. The highest BCUT2D eigenvalue weighted by Gasteiger charge is 2.31. The van der Waals surface area contributed by atoms with Crippen LogP contribution in [0.25, 0.3) is 0 Å². The predicted octanol–water partition coefficient (Wildman–Crippen LogP) is 4.30. The molecule has 2 aliphatic heterocycles. The molecule has 120 valence electrons. The van der Waals surface area contributed by atoms with Gasteiger partial charge in [-0.05, 0) is 31.6 Å². The van der Waals surface area contributed by atoms with Crippen LogP contribution in [0.3, 0.4) is 0 Å². The number of piperidine rings is 1. The van der Waals surface area contributed by atoms with E-state index in [0.29, 0.717) is 27.8 Å². The van der Waals surface area contributed by atoms with Gasteiger partial charge in [0.05, 0.1) is 26.8 Å². The first kappa shape index (κ1) is 15.8. The predicted molar refractivity (Wildman–Crippen MR) is 87.0 cm³/mol. The van der Waals surface area contributed by atoms with E-state index >= 15 is 0 Å². The molecule has 0 amide bonds. The largest absolute Gasteiger partial charge is 0.378 e. The summed E-state index contributed by atoms with van der Waals surface area (Å²) in [6.45, 7) is 2.58. The smallest absolute Gasteiger partial charge is 0.272 e. The summed E-state index contributed by atoms with van der Waals surface area (Å²) in [5.41, 5.74) is 0.632. The molecular formula is C15H18Cl2N2O3. The standard InChI is InChI=1S/C15H18Cl2N2O3/c16-12-8-11(19(20)21)9-13(17)15(12)18-5-3-10(4-6-18)14-2-1-7-22-14/h8-10,14H,1-7H2. The lowest BCUT2D eigenvalue weighted by Gasteiger charge is -2.36. The lowest BCUT2D eigenvalue weighted by molar-refractivity contribution is -0.384. The van der Waals surface area contributed by atoms with Crippen molar-refractivity contribution in [2.24, 2.45) is 5.92 Å². The van der Waals surface area contributed by atoms with Crippen LogP contribution in [0, 0.1) is 16.0 Å². The van der Waals surface area contributed by atoms with E-state index in [9.17, 15) is 10.1 Å². The molecule has 0 radical (unpaired) electrons. The number of hydrogen-bond donors (Lipinski definition) is 0. The van der Waals surface area contributed by atoms with Crippen LogP contribution in [0.15, 0.2) is 12.1 Å². The Hall–Kier alpha value is -1.04. The molecule has 0 N–H and O–H groups in total. The summed E-state index contributed by atoms with van der Waals surface area (Å²) in [6.07, 6.45) is 4.78. The molecule has 1 unspecified atom stereocenters. The van der Waals surface area contributed by atoms with Crippen molar-refractivity contribution in [1.29, 1.82) is 0 Å². The average Bonchev–Trinajstić information content (AvgIpc) is 3.01. The fraction of sp³-hybridized carbons (Fsp3) is 0.600. The van der Waals surface area contributed by atoms with Crippen LogP contribution in [0.2, 0.25) is 10.0 Å². The number of benzene rings is 1. The SMILES string of the molecule is O=[N+]([O-])c1cc(Cl)c(N2CCC(C3CCCO3)CC2)c(Cl)c1. The Bertz CT molecular complexity index is 545. The lowest BCUT2D eigenvalue weighted by Crippen LogP contribution is -2.38. The summed E-state index contributed by atoms with van der Waals surface area (Å²) in [6, 6.07) is 2.74. The zero-order valence-electron chi connectivity index (χ0n) is 12.1. The number of nitro benzene ring substituents is 1. The highest BCUT2D eigenvalue weighted by Crippen LogP contribution is 2.40. The first-order valence-electron chi connectivity index (χ1n) is 7.56. The number of ether oxygens (including phenoxy) is 1. The number of nitro groups is 1. The van der Waals surface area contributed by atoms with Crippen LogP contribution < -0.4 is 4.90 Å². The Morgan fingerprint density at radius 3 is 2.32 bits per heavy atom.